The van der Waals surface area contributed by atoms with Crippen LogP contribution in [0.25, 0.3) is 22.2 Å². The van der Waals surface area contributed by atoms with Crippen molar-refractivity contribution in [2.45, 2.75) is 76.1 Å². The Morgan fingerprint density at radius 2 is 1.61 bits per heavy atom. The van der Waals surface area contributed by atoms with Crippen molar-refractivity contribution in [3.63, 3.8) is 0 Å². The van der Waals surface area contributed by atoms with Crippen LogP contribution in [0, 0.1) is 18.8 Å². The van der Waals surface area contributed by atoms with Crippen LogP contribution in [-0.4, -0.2) is 65.6 Å². The van der Waals surface area contributed by atoms with E-state index in [1.165, 1.54) is 18.2 Å². The lowest BCUT2D eigenvalue weighted by Gasteiger charge is -2.28. The van der Waals surface area contributed by atoms with E-state index in [9.17, 15) is 36.3 Å². The topological polar surface area (TPSA) is 154 Å². The lowest BCUT2D eigenvalue weighted by atomic mass is 9.81. The number of nitrogens with zero attached hydrogens (tertiary/aromatic N) is 1. The lowest BCUT2D eigenvalue weighted by Crippen LogP contribution is -2.48. The quantitative estimate of drug-likeness (QED) is 0.102. The number of imidazole rings is 1. The van der Waals surface area contributed by atoms with Crippen LogP contribution in [0.5, 0.6) is 0 Å². The van der Waals surface area contributed by atoms with Crippen LogP contribution in [0.2, 0.25) is 0 Å². The molecule has 1 aliphatic heterocycles. The fraction of sp³-hybridized carbons (Fsp3) is 0.436. The Bertz CT molecular complexity index is 1970. The number of benzene rings is 3. The van der Waals surface area contributed by atoms with E-state index in [0.717, 1.165) is 61.0 Å². The number of hydrogen-bond donors (Lipinski definition) is 6. The third-order valence-corrected chi connectivity index (χ3v) is 10.5. The summed E-state index contributed by atoms with van der Waals surface area (Å²) in [5.74, 6) is -7.69. The Balaban J connectivity index is 1.17. The van der Waals surface area contributed by atoms with Gasteiger partial charge in [-0.3, -0.25) is 14.4 Å². The molecule has 10 nitrogen and oxygen atoms in total. The van der Waals surface area contributed by atoms with E-state index in [0.29, 0.717) is 30.9 Å². The number of H-pyrrole nitrogens is 1. The number of hydrogen-bond acceptors (Lipinski definition) is 6. The molecular weight excluding hydrogens is 709 g/mol. The molecule has 3 aromatic carbocycles. The molecule has 4 aromatic rings. The van der Waals surface area contributed by atoms with E-state index >= 15 is 0 Å². The van der Waals surface area contributed by atoms with Crippen molar-refractivity contribution in [3.05, 3.63) is 83.2 Å². The summed E-state index contributed by atoms with van der Waals surface area (Å²) >= 11 is 0. The summed E-state index contributed by atoms with van der Waals surface area (Å²) in [7, 11) is 0. The Labute approximate surface area is 309 Å². The first-order valence-electron chi connectivity index (χ1n) is 18.2. The maximum absolute atomic E-state index is 13.9. The van der Waals surface area contributed by atoms with Gasteiger partial charge in [-0.1, -0.05) is 30.3 Å². The number of aryl methyl sites for hydroxylation is 1. The van der Waals surface area contributed by atoms with E-state index < -0.39 is 29.9 Å². The number of carbonyl (C=O) groups excluding carboxylic acids is 3. The van der Waals surface area contributed by atoms with Crippen LogP contribution in [0.15, 0.2) is 60.7 Å². The van der Waals surface area contributed by atoms with Gasteiger partial charge in [-0.15, -0.1) is 0 Å². The van der Waals surface area contributed by atoms with Crippen molar-refractivity contribution in [3.8, 4) is 11.1 Å². The molecule has 2 fully saturated rings. The van der Waals surface area contributed by atoms with Gasteiger partial charge in [-0.25, -0.2) is 4.98 Å². The predicted molar refractivity (Wildman–Crippen MR) is 195 cm³/mol. The van der Waals surface area contributed by atoms with Crippen LogP contribution in [0.3, 0.4) is 0 Å². The van der Waals surface area contributed by atoms with E-state index in [1.807, 2.05) is 48.3 Å². The summed E-state index contributed by atoms with van der Waals surface area (Å²) in [5, 5.41) is 12.0. The van der Waals surface area contributed by atoms with Crippen molar-refractivity contribution in [2.75, 3.05) is 25.0 Å². The Morgan fingerprint density at radius 3 is 2.26 bits per heavy atom. The number of rotatable bonds is 11. The van der Waals surface area contributed by atoms with Crippen LogP contribution < -0.4 is 27.0 Å². The number of carbonyl (C=O) groups is 3. The zero-order valence-corrected chi connectivity index (χ0v) is 29.8. The first kappa shape index (κ1) is 38.8. The number of amides is 3. The second-order valence-corrected chi connectivity index (χ2v) is 14.3. The van der Waals surface area contributed by atoms with Gasteiger partial charge in [0.1, 0.15) is 6.04 Å². The number of piperidine rings is 1. The van der Waals surface area contributed by atoms with Gasteiger partial charge in [0, 0.05) is 29.6 Å². The molecule has 2 aliphatic rings. The molecule has 288 valence electrons. The van der Waals surface area contributed by atoms with Crippen molar-refractivity contribution in [1.29, 1.82) is 0 Å². The minimum absolute atomic E-state index is 0.108. The molecule has 0 radical (unpaired) electrons. The molecule has 7 N–H and O–H groups in total. The summed E-state index contributed by atoms with van der Waals surface area (Å²) in [6, 6.07) is 15.9. The first-order chi connectivity index (χ1) is 25.7. The summed E-state index contributed by atoms with van der Waals surface area (Å²) in [6.07, 6.45) is -1.09. The van der Waals surface area contributed by atoms with Crippen molar-refractivity contribution >= 4 is 34.4 Å². The van der Waals surface area contributed by atoms with Crippen LogP contribution >= 0.6 is 0 Å². The highest BCUT2D eigenvalue weighted by atomic mass is 19.4. The molecule has 1 aliphatic carbocycles. The molecule has 1 atom stereocenters. The number of fused-ring (bicyclic) bond motifs is 1. The average molecular weight is 754 g/mol. The molecule has 54 heavy (non-hydrogen) atoms. The van der Waals surface area contributed by atoms with E-state index in [4.69, 9.17) is 5.73 Å². The highest BCUT2D eigenvalue weighted by Gasteiger charge is 2.61. The Kier molecular flexibility index (Phi) is 11.7. The molecule has 0 bridgehead atoms. The SMILES string of the molecule is Cc1cc(C(=O)NC2CCNCC2)ccc1-c1ccc(C[C@H](NC(=O)C2CCC(CN)CC2)C(=O)Nc2ccc3nc(C(F)(F)C(F)(F)F)[nH]c3c2)cc1. The van der Waals surface area contributed by atoms with E-state index in [1.54, 1.807) is 6.07 Å². The standard InChI is InChI=1S/C39H44F5N7O3/c1-22-18-27(35(53)47-28-14-16-46-17-15-28)10-12-30(22)25-6-2-23(3-7-25)19-33(49-34(52)26-8-4-24(21-45)5-9-26)36(54)48-29-11-13-31-32(20-29)51-37(50-31)38(40,41)39(42,43)44/h2-3,6-7,10-13,18,20,24,26,28,33,46H,4-5,8-9,14-17,19,21,45H2,1H3,(H,47,53)(H,48,54)(H,49,52)(H,50,51)/t24?,26?,33-/m0/s1. The van der Waals surface area contributed by atoms with Gasteiger partial charge >= 0.3 is 12.1 Å². The smallest absolute Gasteiger partial charge is 0.349 e. The van der Waals surface area contributed by atoms with Crippen LogP contribution in [0.1, 0.15) is 65.8 Å². The zero-order chi connectivity index (χ0) is 38.6. The molecule has 1 aromatic heterocycles. The summed E-state index contributed by atoms with van der Waals surface area (Å²) in [5.41, 5.74) is 9.72. The average Bonchev–Trinajstić information content (AvgIpc) is 3.59. The van der Waals surface area contributed by atoms with Crippen molar-refractivity contribution < 1.29 is 36.3 Å². The van der Waals surface area contributed by atoms with Gasteiger partial charge < -0.3 is 32.0 Å². The van der Waals surface area contributed by atoms with E-state index in [-0.39, 0.29) is 46.9 Å². The minimum Gasteiger partial charge on any atom is -0.349 e. The van der Waals surface area contributed by atoms with Gasteiger partial charge in [-0.2, -0.15) is 22.0 Å². The Hall–Kier alpha value is -4.89. The molecule has 6 rings (SSSR count). The number of nitrogens with two attached hydrogens (primary N) is 1. The van der Waals surface area contributed by atoms with Crippen molar-refractivity contribution in [2.24, 2.45) is 17.6 Å². The number of aromatic amines is 1. The largest absolute Gasteiger partial charge is 0.461 e. The van der Waals surface area contributed by atoms with Crippen LogP contribution in [-0.2, 0) is 21.9 Å². The molecule has 15 heteroatoms. The first-order valence-corrected chi connectivity index (χ1v) is 18.2. The number of anilines is 1. The number of aromatic nitrogens is 2. The van der Waals surface area contributed by atoms with E-state index in [2.05, 4.69) is 26.3 Å². The zero-order valence-electron chi connectivity index (χ0n) is 29.8. The fourth-order valence-corrected chi connectivity index (χ4v) is 7.18. The molecule has 0 unspecified atom stereocenters. The number of nitrogens with one attached hydrogen (secondary N) is 5. The lowest BCUT2D eigenvalue weighted by molar-refractivity contribution is -0.292. The second-order valence-electron chi connectivity index (χ2n) is 14.3. The van der Waals surface area contributed by atoms with Gasteiger partial charge in [0.25, 0.3) is 5.91 Å². The predicted octanol–water partition coefficient (Wildman–Crippen LogP) is 6.11. The fourth-order valence-electron chi connectivity index (χ4n) is 7.18. The maximum Gasteiger partial charge on any atom is 0.461 e. The molecule has 1 saturated carbocycles. The molecule has 0 spiro atoms. The normalized spacial score (nSPS) is 18.9. The summed E-state index contributed by atoms with van der Waals surface area (Å²) in [6.45, 7) is 4.23. The maximum atomic E-state index is 13.9. The highest BCUT2D eigenvalue weighted by molar-refractivity contribution is 5.99. The van der Waals surface area contributed by atoms with Gasteiger partial charge in [0.15, 0.2) is 5.82 Å². The van der Waals surface area contributed by atoms with Crippen LogP contribution in [0.4, 0.5) is 27.6 Å². The molecule has 1 saturated heterocycles. The highest BCUT2D eigenvalue weighted by Crippen LogP contribution is 2.43. The Morgan fingerprint density at radius 1 is 0.907 bits per heavy atom. The number of halogens is 5. The summed E-state index contributed by atoms with van der Waals surface area (Å²) < 4.78 is 66.8. The van der Waals surface area contributed by atoms with Gasteiger partial charge in [-0.05, 0) is 124 Å². The van der Waals surface area contributed by atoms with Gasteiger partial charge in [0.2, 0.25) is 11.8 Å². The number of alkyl halides is 5. The van der Waals surface area contributed by atoms with Gasteiger partial charge in [0.05, 0.1) is 11.0 Å². The monoisotopic (exact) mass is 753 g/mol. The molecule has 2 heterocycles. The third-order valence-electron chi connectivity index (χ3n) is 10.5. The second kappa shape index (κ2) is 16.2. The minimum atomic E-state index is -5.85. The third kappa shape index (κ3) is 8.90. The van der Waals surface area contributed by atoms with Crippen molar-refractivity contribution in [1.82, 2.24) is 25.9 Å². The summed E-state index contributed by atoms with van der Waals surface area (Å²) in [4.78, 5) is 45.5. The molecule has 3 amide bonds. The molecular formula is C39H44F5N7O3.